The van der Waals surface area contributed by atoms with Gasteiger partial charge in [0.25, 0.3) is 0 Å². The largest absolute Gasteiger partial charge is 0.480 e. The summed E-state index contributed by atoms with van der Waals surface area (Å²) in [4.78, 5) is 24.2. The number of urea groups is 1. The van der Waals surface area contributed by atoms with Gasteiger partial charge < -0.3 is 20.4 Å². The number of hydrogen-bond acceptors (Lipinski definition) is 3. The van der Waals surface area contributed by atoms with Gasteiger partial charge >= 0.3 is 12.0 Å². The zero-order chi connectivity index (χ0) is 13.0. The van der Waals surface area contributed by atoms with Crippen LogP contribution in [-0.2, 0) is 4.79 Å². The number of hydrogen-bond donors (Lipinski definition) is 3. The third-order valence-corrected chi connectivity index (χ3v) is 2.97. The Hall–Kier alpha value is -1.30. The lowest BCUT2D eigenvalue weighted by Crippen LogP contribution is -2.54. The highest BCUT2D eigenvalue weighted by Crippen LogP contribution is 2.15. The summed E-state index contributed by atoms with van der Waals surface area (Å²) in [5.74, 6) is -0.789. The van der Waals surface area contributed by atoms with Crippen molar-refractivity contribution in [3.63, 3.8) is 0 Å². The van der Waals surface area contributed by atoms with E-state index < -0.39 is 24.1 Å². The number of rotatable bonds is 3. The molecule has 1 aliphatic heterocycles. The van der Waals surface area contributed by atoms with Crippen molar-refractivity contribution in [1.82, 2.24) is 10.2 Å². The van der Waals surface area contributed by atoms with E-state index in [9.17, 15) is 14.7 Å². The predicted octanol–water partition coefficient (Wildman–Crippen LogP) is 0.262. The fraction of sp³-hybridized carbons (Fsp3) is 0.818. The van der Waals surface area contributed by atoms with Crippen molar-refractivity contribution in [2.75, 3.05) is 13.1 Å². The first-order valence-corrected chi connectivity index (χ1v) is 5.88. The van der Waals surface area contributed by atoms with Gasteiger partial charge in [-0.25, -0.2) is 9.59 Å². The van der Waals surface area contributed by atoms with E-state index in [0.717, 1.165) is 12.8 Å². The number of piperidine rings is 1. The SMILES string of the molecule is CC1CCCN(C(=O)N[C@H](C(=O)O)[C@@H](C)O)C1. The van der Waals surface area contributed by atoms with Crippen molar-refractivity contribution in [3.8, 4) is 0 Å². The molecule has 0 radical (unpaired) electrons. The highest BCUT2D eigenvalue weighted by molar-refractivity contribution is 5.83. The van der Waals surface area contributed by atoms with Crippen LogP contribution in [0.2, 0.25) is 0 Å². The van der Waals surface area contributed by atoms with Crippen LogP contribution in [0.25, 0.3) is 0 Å². The van der Waals surface area contributed by atoms with E-state index in [2.05, 4.69) is 12.2 Å². The van der Waals surface area contributed by atoms with Gasteiger partial charge in [0.1, 0.15) is 0 Å². The molecule has 6 heteroatoms. The summed E-state index contributed by atoms with van der Waals surface area (Å²) in [6.45, 7) is 4.68. The summed E-state index contributed by atoms with van der Waals surface area (Å²) in [7, 11) is 0. The molecule has 3 atom stereocenters. The Morgan fingerprint density at radius 2 is 2.12 bits per heavy atom. The van der Waals surface area contributed by atoms with Crippen molar-refractivity contribution in [2.45, 2.75) is 38.8 Å². The molecular weight excluding hydrogens is 224 g/mol. The van der Waals surface area contributed by atoms with Gasteiger partial charge in [-0.05, 0) is 25.7 Å². The average molecular weight is 244 g/mol. The number of carboxylic acids is 1. The van der Waals surface area contributed by atoms with Crippen LogP contribution in [0.15, 0.2) is 0 Å². The molecule has 0 saturated carbocycles. The van der Waals surface area contributed by atoms with Crippen molar-refractivity contribution in [3.05, 3.63) is 0 Å². The predicted molar refractivity (Wildman–Crippen MR) is 61.6 cm³/mol. The molecule has 0 spiro atoms. The number of amides is 2. The minimum Gasteiger partial charge on any atom is -0.480 e. The molecule has 1 heterocycles. The lowest BCUT2D eigenvalue weighted by molar-refractivity contribution is -0.141. The molecule has 1 aliphatic rings. The van der Waals surface area contributed by atoms with E-state index in [1.165, 1.54) is 6.92 Å². The molecule has 1 saturated heterocycles. The summed E-state index contributed by atoms with van der Waals surface area (Å²) < 4.78 is 0. The van der Waals surface area contributed by atoms with Crippen LogP contribution in [0.3, 0.4) is 0 Å². The number of likely N-dealkylation sites (tertiary alicyclic amines) is 1. The molecule has 0 aliphatic carbocycles. The zero-order valence-electron chi connectivity index (χ0n) is 10.2. The standard InChI is InChI=1S/C11H20N2O4/c1-7-4-3-5-13(6-7)11(17)12-9(8(2)14)10(15)16/h7-9,14H,3-6H2,1-2H3,(H,12,17)(H,15,16)/t7?,8-,9+/m1/s1. The fourth-order valence-corrected chi connectivity index (χ4v) is 1.99. The number of aliphatic hydroxyl groups is 1. The fourth-order valence-electron chi connectivity index (χ4n) is 1.99. The highest BCUT2D eigenvalue weighted by Gasteiger charge is 2.28. The van der Waals surface area contributed by atoms with E-state index in [0.29, 0.717) is 19.0 Å². The van der Waals surface area contributed by atoms with Crippen LogP contribution in [0.1, 0.15) is 26.7 Å². The van der Waals surface area contributed by atoms with Gasteiger partial charge in [-0.1, -0.05) is 6.92 Å². The van der Waals surface area contributed by atoms with Gasteiger partial charge in [0.2, 0.25) is 0 Å². The minimum absolute atomic E-state index is 0.412. The van der Waals surface area contributed by atoms with Crippen molar-refractivity contribution < 1.29 is 19.8 Å². The minimum atomic E-state index is -1.25. The Bertz CT molecular complexity index is 293. The van der Waals surface area contributed by atoms with Crippen LogP contribution in [0, 0.1) is 5.92 Å². The number of aliphatic hydroxyl groups excluding tert-OH is 1. The van der Waals surface area contributed by atoms with Crippen molar-refractivity contribution in [2.24, 2.45) is 5.92 Å². The van der Waals surface area contributed by atoms with Crippen LogP contribution < -0.4 is 5.32 Å². The average Bonchev–Trinajstić information content (AvgIpc) is 2.24. The second kappa shape index (κ2) is 5.86. The maximum Gasteiger partial charge on any atom is 0.328 e. The molecule has 17 heavy (non-hydrogen) atoms. The van der Waals surface area contributed by atoms with Gasteiger partial charge in [0, 0.05) is 13.1 Å². The van der Waals surface area contributed by atoms with Gasteiger partial charge in [-0.3, -0.25) is 0 Å². The first-order valence-electron chi connectivity index (χ1n) is 5.88. The molecule has 0 aromatic rings. The Labute approximate surface area is 101 Å². The molecule has 98 valence electrons. The van der Waals surface area contributed by atoms with Crippen molar-refractivity contribution >= 4 is 12.0 Å². The number of nitrogens with zero attached hydrogens (tertiary/aromatic N) is 1. The molecule has 0 aromatic carbocycles. The van der Waals surface area contributed by atoms with Crippen molar-refractivity contribution in [1.29, 1.82) is 0 Å². The quantitative estimate of drug-likeness (QED) is 0.664. The van der Waals surface area contributed by atoms with E-state index in [-0.39, 0.29) is 0 Å². The molecule has 2 amide bonds. The monoisotopic (exact) mass is 244 g/mol. The second-order valence-corrected chi connectivity index (χ2v) is 4.70. The highest BCUT2D eigenvalue weighted by atomic mass is 16.4. The molecule has 6 nitrogen and oxygen atoms in total. The van der Waals surface area contributed by atoms with E-state index >= 15 is 0 Å². The molecule has 0 bridgehead atoms. The lowest BCUT2D eigenvalue weighted by Gasteiger charge is -2.32. The van der Waals surface area contributed by atoms with Gasteiger partial charge in [-0.15, -0.1) is 0 Å². The van der Waals surface area contributed by atoms with Gasteiger partial charge in [0.15, 0.2) is 6.04 Å². The van der Waals surface area contributed by atoms with Crippen LogP contribution in [0.4, 0.5) is 4.79 Å². The summed E-state index contributed by atoms with van der Waals surface area (Å²) >= 11 is 0. The van der Waals surface area contributed by atoms with Gasteiger partial charge in [-0.2, -0.15) is 0 Å². The molecule has 3 N–H and O–H groups in total. The van der Waals surface area contributed by atoms with Gasteiger partial charge in [0.05, 0.1) is 6.10 Å². The molecule has 1 rings (SSSR count). The number of aliphatic carboxylic acids is 1. The van der Waals surface area contributed by atoms with E-state index in [1.807, 2.05) is 0 Å². The maximum atomic E-state index is 11.8. The zero-order valence-corrected chi connectivity index (χ0v) is 10.2. The Balaban J connectivity index is 2.54. The van der Waals surface area contributed by atoms with Crippen LogP contribution in [0.5, 0.6) is 0 Å². The van der Waals surface area contributed by atoms with Crippen LogP contribution >= 0.6 is 0 Å². The number of carbonyl (C=O) groups is 2. The Morgan fingerprint density at radius 1 is 1.47 bits per heavy atom. The normalized spacial score (nSPS) is 23.9. The molecule has 1 fully saturated rings. The topological polar surface area (TPSA) is 89.9 Å². The number of carbonyl (C=O) groups excluding carboxylic acids is 1. The molecule has 1 unspecified atom stereocenters. The summed E-state index contributed by atoms with van der Waals surface area (Å²) in [5.41, 5.74) is 0. The first kappa shape index (κ1) is 13.8. The number of carboxylic acid groups (broad SMARTS) is 1. The van der Waals surface area contributed by atoms with E-state index in [4.69, 9.17) is 5.11 Å². The van der Waals surface area contributed by atoms with E-state index in [1.54, 1.807) is 4.90 Å². The molecule has 0 aromatic heterocycles. The third-order valence-electron chi connectivity index (χ3n) is 2.97. The molecular formula is C11H20N2O4. The first-order chi connectivity index (χ1) is 7.91. The maximum absolute atomic E-state index is 11.8. The summed E-state index contributed by atoms with van der Waals surface area (Å²) in [6, 6.07) is -1.66. The second-order valence-electron chi connectivity index (χ2n) is 4.70. The van der Waals surface area contributed by atoms with Crippen LogP contribution in [-0.4, -0.2) is 52.3 Å². The third kappa shape index (κ3) is 3.89. The summed E-state index contributed by atoms with van der Waals surface area (Å²) in [6.07, 6.45) is 0.905. The summed E-state index contributed by atoms with van der Waals surface area (Å²) in [5, 5.41) is 20.5. The smallest absolute Gasteiger partial charge is 0.328 e. The number of nitrogens with one attached hydrogen (secondary N) is 1. The Kier molecular flexibility index (Phi) is 4.74. The lowest BCUT2D eigenvalue weighted by atomic mass is 10.0. The Morgan fingerprint density at radius 3 is 2.59 bits per heavy atom.